The van der Waals surface area contributed by atoms with Crippen molar-refractivity contribution in [2.24, 2.45) is 0 Å². The van der Waals surface area contributed by atoms with Gasteiger partial charge in [0.25, 0.3) is 0 Å². The molecule has 1 rings (SSSR count). The third kappa shape index (κ3) is 7.35. The second kappa shape index (κ2) is 8.35. The Morgan fingerprint density at radius 1 is 1.21 bits per heavy atom. The van der Waals surface area contributed by atoms with Gasteiger partial charge in [0.1, 0.15) is 0 Å². The van der Waals surface area contributed by atoms with E-state index in [0.717, 1.165) is 26.1 Å². The molecule has 0 aliphatic rings. The van der Waals surface area contributed by atoms with Gasteiger partial charge < -0.3 is 19.4 Å². The van der Waals surface area contributed by atoms with Gasteiger partial charge in [-0.25, -0.2) is 0 Å². The fourth-order valence-electron chi connectivity index (χ4n) is 1.77. The molecule has 0 bridgehead atoms. The molecular weight excluding hydrogens is 240 g/mol. The van der Waals surface area contributed by atoms with Crippen LogP contribution in [0.25, 0.3) is 0 Å². The number of nitrogens with one attached hydrogen (secondary N) is 1. The number of nitrogens with zero attached hydrogens (tertiary/aromatic N) is 1. The van der Waals surface area contributed by atoms with E-state index in [1.165, 1.54) is 5.69 Å². The Balaban J connectivity index is 2.25. The molecule has 0 spiro atoms. The Hall–Kier alpha value is -0.840. The number of methoxy groups -OCH3 is 1. The Morgan fingerprint density at radius 3 is 2.68 bits per heavy atom. The Labute approximate surface area is 117 Å². The van der Waals surface area contributed by atoms with E-state index in [2.05, 4.69) is 49.0 Å². The van der Waals surface area contributed by atoms with Crippen LogP contribution in [-0.4, -0.2) is 37.0 Å². The van der Waals surface area contributed by atoms with Crippen molar-refractivity contribution in [1.29, 1.82) is 0 Å². The van der Waals surface area contributed by atoms with Gasteiger partial charge in [-0.05, 0) is 39.3 Å². The molecule has 4 nitrogen and oxygen atoms in total. The third-order valence-electron chi connectivity index (χ3n) is 2.84. The highest BCUT2D eigenvalue weighted by molar-refractivity contribution is 5.07. The number of aryl methyl sites for hydroxylation is 1. The van der Waals surface area contributed by atoms with Crippen molar-refractivity contribution >= 4 is 0 Å². The van der Waals surface area contributed by atoms with Gasteiger partial charge in [0, 0.05) is 44.2 Å². The van der Waals surface area contributed by atoms with Crippen LogP contribution in [0.3, 0.4) is 0 Å². The van der Waals surface area contributed by atoms with Crippen LogP contribution in [0.2, 0.25) is 0 Å². The highest BCUT2D eigenvalue weighted by Gasteiger charge is 2.09. The van der Waals surface area contributed by atoms with E-state index in [1.54, 1.807) is 7.11 Å². The van der Waals surface area contributed by atoms with E-state index < -0.39 is 0 Å². The van der Waals surface area contributed by atoms with Crippen LogP contribution in [-0.2, 0) is 22.6 Å². The van der Waals surface area contributed by atoms with Gasteiger partial charge >= 0.3 is 0 Å². The minimum Gasteiger partial charge on any atom is -0.382 e. The van der Waals surface area contributed by atoms with Crippen LogP contribution in [0.1, 0.15) is 32.9 Å². The van der Waals surface area contributed by atoms with Gasteiger partial charge in [-0.2, -0.15) is 0 Å². The molecule has 0 unspecified atom stereocenters. The highest BCUT2D eigenvalue weighted by Crippen LogP contribution is 2.07. The maximum atomic E-state index is 5.47. The maximum Gasteiger partial charge on any atom is 0.0700 e. The van der Waals surface area contributed by atoms with Gasteiger partial charge in [-0.3, -0.25) is 0 Å². The lowest BCUT2D eigenvalue weighted by Gasteiger charge is -2.21. The number of aromatic nitrogens is 1. The van der Waals surface area contributed by atoms with E-state index in [-0.39, 0.29) is 5.54 Å². The van der Waals surface area contributed by atoms with E-state index in [0.29, 0.717) is 13.2 Å². The van der Waals surface area contributed by atoms with Gasteiger partial charge in [-0.15, -0.1) is 0 Å². The quantitative estimate of drug-likeness (QED) is 0.699. The topological polar surface area (TPSA) is 35.4 Å². The first-order valence-electron chi connectivity index (χ1n) is 6.98. The lowest BCUT2D eigenvalue weighted by molar-refractivity contribution is 0.0679. The molecular formula is C15H28N2O2. The zero-order valence-corrected chi connectivity index (χ0v) is 12.7. The number of rotatable bonds is 9. The normalized spacial score (nSPS) is 12.0. The zero-order chi connectivity index (χ0) is 14.1. The van der Waals surface area contributed by atoms with Crippen molar-refractivity contribution < 1.29 is 9.47 Å². The minimum absolute atomic E-state index is 0.151. The van der Waals surface area contributed by atoms with E-state index in [9.17, 15) is 0 Å². The second-order valence-electron chi connectivity index (χ2n) is 5.76. The maximum absolute atomic E-state index is 5.47. The Morgan fingerprint density at radius 2 is 2.00 bits per heavy atom. The van der Waals surface area contributed by atoms with Crippen LogP contribution in [0.4, 0.5) is 0 Å². The van der Waals surface area contributed by atoms with Crippen LogP contribution in [0.15, 0.2) is 18.3 Å². The molecule has 0 aliphatic carbocycles. The summed E-state index contributed by atoms with van der Waals surface area (Å²) in [6.45, 7) is 10.6. The first kappa shape index (κ1) is 16.2. The monoisotopic (exact) mass is 268 g/mol. The lowest BCUT2D eigenvalue weighted by Crippen LogP contribution is -2.35. The van der Waals surface area contributed by atoms with Gasteiger partial charge in [0.15, 0.2) is 0 Å². The summed E-state index contributed by atoms with van der Waals surface area (Å²) >= 11 is 0. The van der Waals surface area contributed by atoms with Crippen molar-refractivity contribution in [3.63, 3.8) is 0 Å². The molecule has 0 saturated carbocycles. The molecule has 1 aromatic rings. The molecule has 0 fully saturated rings. The molecule has 0 aliphatic heterocycles. The standard InChI is InChI=1S/C15H28N2O2/c1-15(2,3)16-13-14-7-5-8-17(14)9-6-10-19-12-11-18-4/h5,7-8,16H,6,9-13H2,1-4H3. The predicted molar refractivity (Wildman–Crippen MR) is 78.3 cm³/mol. The number of ether oxygens (including phenoxy) is 2. The van der Waals surface area contributed by atoms with Crippen molar-refractivity contribution in [1.82, 2.24) is 9.88 Å². The largest absolute Gasteiger partial charge is 0.382 e. The van der Waals surface area contributed by atoms with Gasteiger partial charge in [0.05, 0.1) is 13.2 Å². The summed E-state index contributed by atoms with van der Waals surface area (Å²) in [5.74, 6) is 0. The summed E-state index contributed by atoms with van der Waals surface area (Å²) < 4.78 is 12.7. The van der Waals surface area contributed by atoms with E-state index in [1.807, 2.05) is 0 Å². The van der Waals surface area contributed by atoms with Crippen molar-refractivity contribution in [3.8, 4) is 0 Å². The fourth-order valence-corrected chi connectivity index (χ4v) is 1.77. The van der Waals surface area contributed by atoms with Crippen molar-refractivity contribution in [3.05, 3.63) is 24.0 Å². The molecule has 4 heteroatoms. The minimum atomic E-state index is 0.151. The summed E-state index contributed by atoms with van der Waals surface area (Å²) in [4.78, 5) is 0. The van der Waals surface area contributed by atoms with Crippen molar-refractivity contribution in [2.45, 2.75) is 45.8 Å². The highest BCUT2D eigenvalue weighted by atomic mass is 16.5. The first-order chi connectivity index (χ1) is 9.03. The first-order valence-corrected chi connectivity index (χ1v) is 6.98. The molecule has 1 aromatic heterocycles. The SMILES string of the molecule is COCCOCCCn1cccc1CNC(C)(C)C. The molecule has 0 aromatic carbocycles. The summed E-state index contributed by atoms with van der Waals surface area (Å²) in [7, 11) is 1.69. The molecule has 0 amide bonds. The van der Waals surface area contributed by atoms with Gasteiger partial charge in [0.2, 0.25) is 0 Å². The molecule has 0 radical (unpaired) electrons. The molecule has 110 valence electrons. The number of hydrogen-bond acceptors (Lipinski definition) is 3. The summed E-state index contributed by atoms with van der Waals surface area (Å²) in [5, 5.41) is 3.51. The summed E-state index contributed by atoms with van der Waals surface area (Å²) in [6, 6.07) is 4.27. The Bertz CT molecular complexity index is 342. The van der Waals surface area contributed by atoms with Crippen LogP contribution < -0.4 is 5.32 Å². The molecule has 1 N–H and O–H groups in total. The number of hydrogen-bond donors (Lipinski definition) is 1. The fraction of sp³-hybridized carbons (Fsp3) is 0.733. The molecule has 19 heavy (non-hydrogen) atoms. The molecule has 0 saturated heterocycles. The van der Waals surface area contributed by atoms with Crippen LogP contribution in [0, 0.1) is 0 Å². The average molecular weight is 268 g/mol. The van der Waals surface area contributed by atoms with Crippen molar-refractivity contribution in [2.75, 3.05) is 26.9 Å². The second-order valence-corrected chi connectivity index (χ2v) is 5.76. The van der Waals surface area contributed by atoms with Crippen LogP contribution in [0.5, 0.6) is 0 Å². The van der Waals surface area contributed by atoms with E-state index in [4.69, 9.17) is 9.47 Å². The summed E-state index contributed by atoms with van der Waals surface area (Å²) in [5.41, 5.74) is 1.48. The smallest absolute Gasteiger partial charge is 0.0700 e. The summed E-state index contributed by atoms with van der Waals surface area (Å²) in [6.07, 6.45) is 3.16. The predicted octanol–water partition coefficient (Wildman–Crippen LogP) is 2.43. The van der Waals surface area contributed by atoms with Gasteiger partial charge in [-0.1, -0.05) is 0 Å². The molecule has 0 atom stereocenters. The van der Waals surface area contributed by atoms with Crippen LogP contribution >= 0.6 is 0 Å². The lowest BCUT2D eigenvalue weighted by atomic mass is 10.1. The third-order valence-corrected chi connectivity index (χ3v) is 2.84. The zero-order valence-electron chi connectivity index (χ0n) is 12.7. The van der Waals surface area contributed by atoms with E-state index >= 15 is 0 Å². The molecule has 1 heterocycles. The Kier molecular flexibility index (Phi) is 7.13. The average Bonchev–Trinajstić information content (AvgIpc) is 2.78.